The molecule has 0 bridgehead atoms. The van der Waals surface area contributed by atoms with E-state index in [0.29, 0.717) is 6.42 Å². The Balaban J connectivity index is 2.21. The molecule has 1 fully saturated rings. The molecule has 0 aromatic heterocycles. The van der Waals surface area contributed by atoms with Gasteiger partial charge >= 0.3 is 5.97 Å². The van der Waals surface area contributed by atoms with Crippen LogP contribution < -0.4 is 5.32 Å². The van der Waals surface area contributed by atoms with Gasteiger partial charge in [0.15, 0.2) is 6.10 Å². The van der Waals surface area contributed by atoms with Gasteiger partial charge in [0, 0.05) is 13.3 Å². The van der Waals surface area contributed by atoms with Gasteiger partial charge in [-0.15, -0.1) is 0 Å². The van der Waals surface area contributed by atoms with E-state index >= 15 is 0 Å². The van der Waals surface area contributed by atoms with E-state index in [9.17, 15) is 9.59 Å². The number of carbonyl (C=O) groups is 2. The van der Waals surface area contributed by atoms with E-state index in [0.717, 1.165) is 0 Å². The number of rotatable bonds is 1. The van der Waals surface area contributed by atoms with Gasteiger partial charge < -0.3 is 10.1 Å². The molecule has 2 aliphatic rings. The Morgan fingerprint density at radius 2 is 2.24 bits per heavy atom. The summed E-state index contributed by atoms with van der Waals surface area (Å²) in [5.74, 6) is 10.5. The summed E-state index contributed by atoms with van der Waals surface area (Å²) in [5, 5.41) is 2.71. The average molecular weight is 229 g/mol. The highest BCUT2D eigenvalue weighted by molar-refractivity contribution is 5.86. The smallest absolute Gasteiger partial charge is 0.303 e. The Bertz CT molecular complexity index is 498. The fourth-order valence-electron chi connectivity index (χ4n) is 1.76. The number of amides is 1. The Labute approximate surface area is 99.4 Å². The largest absolute Gasteiger partial charge is 0.447 e. The minimum absolute atomic E-state index is 0.0622. The van der Waals surface area contributed by atoms with Crippen molar-refractivity contribution in [1.29, 1.82) is 0 Å². The molecule has 17 heavy (non-hydrogen) atoms. The molecule has 0 radical (unpaired) electrons. The fourth-order valence-corrected chi connectivity index (χ4v) is 1.76. The molecule has 3 atom stereocenters. The van der Waals surface area contributed by atoms with Crippen LogP contribution in [0.1, 0.15) is 13.3 Å². The first kappa shape index (κ1) is 11.3. The maximum atomic E-state index is 11.4. The zero-order valence-corrected chi connectivity index (χ0v) is 9.32. The van der Waals surface area contributed by atoms with Gasteiger partial charge in [0.05, 0.1) is 12.0 Å². The van der Waals surface area contributed by atoms with Crippen LogP contribution in [-0.2, 0) is 14.3 Å². The highest BCUT2D eigenvalue weighted by atomic mass is 16.5. The molecule has 4 heteroatoms. The number of hydrogen-bond acceptors (Lipinski definition) is 3. The highest BCUT2D eigenvalue weighted by Crippen LogP contribution is 2.23. The SMILES string of the molecule is CC(=O)OC1C#C/C=C\C#CC[C@H]2C(=O)N[C@H]12. The molecular weight excluding hydrogens is 218 g/mol. The van der Waals surface area contributed by atoms with E-state index in [1.807, 2.05) is 0 Å². The zero-order valence-electron chi connectivity index (χ0n) is 9.32. The monoisotopic (exact) mass is 229 g/mol. The number of fused-ring (bicyclic) bond motifs is 1. The quantitative estimate of drug-likeness (QED) is 0.391. The van der Waals surface area contributed by atoms with Crippen LogP contribution in [0, 0.1) is 29.6 Å². The van der Waals surface area contributed by atoms with Gasteiger partial charge in [-0.25, -0.2) is 0 Å². The first-order valence-corrected chi connectivity index (χ1v) is 5.30. The lowest BCUT2D eigenvalue weighted by Crippen LogP contribution is -2.63. The van der Waals surface area contributed by atoms with Gasteiger partial charge in [0.2, 0.25) is 5.91 Å². The maximum absolute atomic E-state index is 11.4. The molecule has 1 aliphatic carbocycles. The Kier molecular flexibility index (Phi) is 3.16. The molecule has 0 aromatic carbocycles. The third-order valence-corrected chi connectivity index (χ3v) is 2.60. The lowest BCUT2D eigenvalue weighted by Gasteiger charge is -2.38. The molecule has 1 saturated heterocycles. The van der Waals surface area contributed by atoms with Crippen molar-refractivity contribution in [1.82, 2.24) is 5.32 Å². The Morgan fingerprint density at radius 1 is 1.47 bits per heavy atom. The maximum Gasteiger partial charge on any atom is 0.303 e. The van der Waals surface area contributed by atoms with Crippen molar-refractivity contribution in [2.45, 2.75) is 25.5 Å². The number of ether oxygens (including phenoxy) is 1. The molecule has 0 aromatic rings. The van der Waals surface area contributed by atoms with Crippen LogP contribution >= 0.6 is 0 Å². The second-order valence-electron chi connectivity index (χ2n) is 3.82. The van der Waals surface area contributed by atoms with Crippen LogP contribution in [0.25, 0.3) is 0 Å². The lowest BCUT2D eigenvalue weighted by atomic mass is 9.84. The van der Waals surface area contributed by atoms with Crippen molar-refractivity contribution in [3.8, 4) is 23.7 Å². The van der Waals surface area contributed by atoms with E-state index in [1.165, 1.54) is 6.92 Å². The van der Waals surface area contributed by atoms with E-state index in [-0.39, 0.29) is 17.9 Å². The van der Waals surface area contributed by atoms with Crippen LogP contribution in [-0.4, -0.2) is 24.0 Å². The zero-order chi connectivity index (χ0) is 12.3. The molecule has 0 spiro atoms. The second kappa shape index (κ2) is 4.76. The summed E-state index contributed by atoms with van der Waals surface area (Å²) < 4.78 is 5.10. The average Bonchev–Trinajstić information content (AvgIpc) is 2.27. The van der Waals surface area contributed by atoms with Crippen molar-refractivity contribution in [2.75, 3.05) is 0 Å². The second-order valence-corrected chi connectivity index (χ2v) is 3.82. The molecule has 1 N–H and O–H groups in total. The fraction of sp³-hybridized carbons (Fsp3) is 0.385. The summed E-state index contributed by atoms with van der Waals surface area (Å²) in [6, 6.07) is -0.250. The topological polar surface area (TPSA) is 55.4 Å². The number of β-lactam (4-membered cyclic amide) rings is 1. The van der Waals surface area contributed by atoms with Gasteiger partial charge in [0.25, 0.3) is 0 Å². The van der Waals surface area contributed by atoms with Gasteiger partial charge in [0.1, 0.15) is 0 Å². The predicted molar refractivity (Wildman–Crippen MR) is 60.3 cm³/mol. The third kappa shape index (κ3) is 2.49. The van der Waals surface area contributed by atoms with Gasteiger partial charge in [-0.3, -0.25) is 9.59 Å². The normalized spacial score (nSPS) is 31.1. The first-order valence-electron chi connectivity index (χ1n) is 5.30. The molecule has 4 nitrogen and oxygen atoms in total. The number of nitrogens with one attached hydrogen (secondary N) is 1. The summed E-state index contributed by atoms with van der Waals surface area (Å²) in [6.45, 7) is 1.33. The molecule has 1 aliphatic heterocycles. The summed E-state index contributed by atoms with van der Waals surface area (Å²) in [4.78, 5) is 22.3. The molecule has 1 amide bonds. The molecule has 1 unspecified atom stereocenters. The summed E-state index contributed by atoms with van der Waals surface area (Å²) in [6.07, 6.45) is 3.08. The molecule has 2 rings (SSSR count). The van der Waals surface area contributed by atoms with Crippen molar-refractivity contribution in [3.63, 3.8) is 0 Å². The minimum atomic E-state index is -0.597. The number of carbonyl (C=O) groups excluding carboxylic acids is 2. The third-order valence-electron chi connectivity index (χ3n) is 2.60. The summed E-state index contributed by atoms with van der Waals surface area (Å²) in [7, 11) is 0. The van der Waals surface area contributed by atoms with E-state index in [1.54, 1.807) is 12.2 Å². The van der Waals surface area contributed by atoms with Crippen LogP contribution in [0.3, 0.4) is 0 Å². The predicted octanol–water partition coefficient (Wildman–Crippen LogP) is -0.000600. The van der Waals surface area contributed by atoms with Crippen LogP contribution in [0.2, 0.25) is 0 Å². The van der Waals surface area contributed by atoms with Crippen LogP contribution in [0.15, 0.2) is 12.2 Å². The van der Waals surface area contributed by atoms with Crippen molar-refractivity contribution < 1.29 is 14.3 Å². The number of allylic oxidation sites excluding steroid dienone is 2. The number of hydrogen-bond donors (Lipinski definition) is 1. The van der Waals surface area contributed by atoms with Gasteiger partial charge in [-0.05, 0) is 12.2 Å². The Hall–Kier alpha value is -2.20. The first-order chi connectivity index (χ1) is 8.18. The molecule has 0 saturated carbocycles. The van der Waals surface area contributed by atoms with E-state index in [4.69, 9.17) is 4.74 Å². The highest BCUT2D eigenvalue weighted by Gasteiger charge is 2.44. The van der Waals surface area contributed by atoms with Gasteiger partial charge in [-0.1, -0.05) is 23.7 Å². The molecule has 86 valence electrons. The van der Waals surface area contributed by atoms with E-state index in [2.05, 4.69) is 29.0 Å². The van der Waals surface area contributed by atoms with Crippen molar-refractivity contribution in [2.24, 2.45) is 5.92 Å². The van der Waals surface area contributed by atoms with Gasteiger partial charge in [-0.2, -0.15) is 0 Å². The van der Waals surface area contributed by atoms with Crippen molar-refractivity contribution >= 4 is 11.9 Å². The molecular formula is C13H11NO3. The minimum Gasteiger partial charge on any atom is -0.447 e. The van der Waals surface area contributed by atoms with Crippen LogP contribution in [0.5, 0.6) is 0 Å². The lowest BCUT2D eigenvalue weighted by molar-refractivity contribution is -0.152. The van der Waals surface area contributed by atoms with Crippen molar-refractivity contribution in [3.05, 3.63) is 12.2 Å². The van der Waals surface area contributed by atoms with E-state index < -0.39 is 12.1 Å². The summed E-state index contributed by atoms with van der Waals surface area (Å²) in [5.41, 5.74) is 0. The number of esters is 1. The van der Waals surface area contributed by atoms with Crippen LogP contribution in [0.4, 0.5) is 0 Å². The Morgan fingerprint density at radius 3 is 2.94 bits per heavy atom. The standard InChI is InChI=1S/C13H11NO3/c1-9(15)17-11-8-6-4-2-3-5-7-10-12(11)14-13(10)16/h2,4,10-12H,7H2,1H3,(H,14,16)/b4-2-/t10-,11?,12+/m1/s1. The molecule has 1 heterocycles. The summed E-state index contributed by atoms with van der Waals surface area (Å²) >= 11 is 0.